The van der Waals surface area contributed by atoms with Crippen molar-refractivity contribution in [3.05, 3.63) is 0 Å². The van der Waals surface area contributed by atoms with Gasteiger partial charge in [-0.15, -0.1) is 0 Å². The minimum Gasteiger partial charge on any atom is -1.00 e. The second-order valence-corrected chi connectivity index (χ2v) is 1.09. The topological polar surface area (TPSA) is 20.2 Å². The van der Waals surface area contributed by atoms with Crippen molar-refractivity contribution in [2.45, 2.75) is 20.0 Å². The first-order valence-electron chi connectivity index (χ1n) is 1.41. The molecular formula is C3H12OSr2. The third-order valence-corrected chi connectivity index (χ3v) is 0. The van der Waals surface area contributed by atoms with Crippen LogP contribution in [0.15, 0.2) is 0 Å². The SMILES string of the molecule is CC(C)O.[H-].[H-].[H-].[H-].[Sr+2].[Sr+2]. The normalized spacial score (nSPS) is 6.00. The maximum absolute atomic E-state index is 8.06. The summed E-state index contributed by atoms with van der Waals surface area (Å²) in [5, 5.41) is 8.06. The first-order valence-corrected chi connectivity index (χ1v) is 1.41. The Bertz CT molecular complexity index is 23.2. The molecule has 0 rings (SSSR count). The van der Waals surface area contributed by atoms with Crippen LogP contribution in [0.2, 0.25) is 0 Å². The van der Waals surface area contributed by atoms with Gasteiger partial charge in [0.2, 0.25) is 0 Å². The molecule has 1 N–H and O–H groups in total. The van der Waals surface area contributed by atoms with Gasteiger partial charge >= 0.3 is 91.0 Å². The zero-order valence-corrected chi connectivity index (χ0v) is 11.4. The average molecular weight is 239 g/mol. The average Bonchev–Trinajstić information content (AvgIpc) is 0.811. The summed E-state index contributed by atoms with van der Waals surface area (Å²) >= 11 is 0. The van der Waals surface area contributed by atoms with Crippen molar-refractivity contribution < 1.29 is 10.8 Å². The summed E-state index contributed by atoms with van der Waals surface area (Å²) < 4.78 is 0. The van der Waals surface area contributed by atoms with Crippen molar-refractivity contribution in [3.8, 4) is 0 Å². The smallest absolute Gasteiger partial charge is 1.00 e. The van der Waals surface area contributed by atoms with Crippen molar-refractivity contribution in [1.29, 1.82) is 0 Å². The van der Waals surface area contributed by atoms with Crippen molar-refractivity contribution in [1.82, 2.24) is 0 Å². The monoisotopic (exact) mass is 240 g/mol. The number of hydrogen-bond donors (Lipinski definition) is 1. The zero-order chi connectivity index (χ0) is 3.58. The van der Waals surface area contributed by atoms with Crippen LogP contribution in [0, 0.1) is 0 Å². The molecule has 1 nitrogen and oxygen atoms in total. The molecule has 0 aromatic rings. The van der Waals surface area contributed by atoms with Gasteiger partial charge in [-0.3, -0.25) is 0 Å². The largest absolute Gasteiger partial charge is 2.00 e. The summed E-state index contributed by atoms with van der Waals surface area (Å²) in [6.07, 6.45) is -0.167. The van der Waals surface area contributed by atoms with Crippen LogP contribution in [-0.2, 0) is 0 Å². The van der Waals surface area contributed by atoms with E-state index in [-0.39, 0.29) is 103 Å². The summed E-state index contributed by atoms with van der Waals surface area (Å²) in [4.78, 5) is 0. The maximum Gasteiger partial charge on any atom is 2.00 e. The Balaban J connectivity index is -0.00000000300. The predicted molar refractivity (Wildman–Crippen MR) is 33.3 cm³/mol. The Morgan fingerprint density at radius 1 is 1.33 bits per heavy atom. The minimum atomic E-state index is -0.167. The molecule has 0 aliphatic heterocycles. The molecule has 0 aliphatic rings. The fourth-order valence-electron chi connectivity index (χ4n) is 0. The standard InChI is InChI=1S/C3H8O.2Sr.4H/c1-3(2)4;;;;;;/h3-4H,1-2H3;;;;;;/q;2*+2;4*-1. The van der Waals surface area contributed by atoms with E-state index in [1.807, 2.05) is 0 Å². The first kappa shape index (κ1) is 16.0. The Labute approximate surface area is 119 Å². The van der Waals surface area contributed by atoms with Crippen LogP contribution >= 0.6 is 0 Å². The maximum atomic E-state index is 8.06. The van der Waals surface area contributed by atoms with Gasteiger partial charge in [-0.2, -0.15) is 0 Å². The molecule has 0 atom stereocenters. The second-order valence-electron chi connectivity index (χ2n) is 1.09. The molecule has 0 amide bonds. The first-order chi connectivity index (χ1) is 1.73. The summed E-state index contributed by atoms with van der Waals surface area (Å²) in [5.41, 5.74) is 0. The fourth-order valence-corrected chi connectivity index (χ4v) is 0. The van der Waals surface area contributed by atoms with Crippen molar-refractivity contribution in [2.75, 3.05) is 0 Å². The van der Waals surface area contributed by atoms with Gasteiger partial charge in [-0.25, -0.2) is 0 Å². The van der Waals surface area contributed by atoms with Crippen LogP contribution in [-0.4, -0.2) is 102 Å². The minimum absolute atomic E-state index is 0. The summed E-state index contributed by atoms with van der Waals surface area (Å²) in [6.45, 7) is 3.44. The van der Waals surface area contributed by atoms with E-state index >= 15 is 0 Å². The Kier molecular flexibility index (Phi) is 28.8. The van der Waals surface area contributed by atoms with Gasteiger partial charge in [0.25, 0.3) is 0 Å². The van der Waals surface area contributed by atoms with Gasteiger partial charge in [-0.1, -0.05) is 0 Å². The summed E-state index contributed by atoms with van der Waals surface area (Å²) in [5.74, 6) is 0. The summed E-state index contributed by atoms with van der Waals surface area (Å²) in [6, 6.07) is 0. The van der Waals surface area contributed by atoms with E-state index in [9.17, 15) is 0 Å². The van der Waals surface area contributed by atoms with Crippen LogP contribution in [0.4, 0.5) is 0 Å². The fraction of sp³-hybridized carbons (Fsp3) is 1.00. The molecule has 0 aromatic heterocycles. The number of hydrogen-bond acceptors (Lipinski definition) is 1. The van der Waals surface area contributed by atoms with E-state index < -0.39 is 0 Å². The number of aliphatic hydroxyl groups excluding tert-OH is 1. The number of rotatable bonds is 0. The van der Waals surface area contributed by atoms with E-state index in [2.05, 4.69) is 0 Å². The van der Waals surface area contributed by atoms with Gasteiger partial charge in [-0.05, 0) is 13.8 Å². The van der Waals surface area contributed by atoms with Crippen molar-refractivity contribution >= 4 is 91.0 Å². The Morgan fingerprint density at radius 2 is 1.33 bits per heavy atom. The van der Waals surface area contributed by atoms with Crippen LogP contribution in [0.25, 0.3) is 0 Å². The molecule has 0 aliphatic carbocycles. The molecule has 0 radical (unpaired) electrons. The quantitative estimate of drug-likeness (QED) is 0.593. The molecule has 0 saturated heterocycles. The molecule has 0 spiro atoms. The molecule has 0 heterocycles. The molecule has 0 saturated carbocycles. The molecule has 3 heteroatoms. The van der Waals surface area contributed by atoms with Crippen LogP contribution < -0.4 is 0 Å². The number of aliphatic hydroxyl groups is 1. The van der Waals surface area contributed by atoms with Gasteiger partial charge < -0.3 is 10.8 Å². The molecule has 0 unspecified atom stereocenters. The van der Waals surface area contributed by atoms with E-state index in [1.54, 1.807) is 13.8 Å². The predicted octanol–water partition coefficient (Wildman–Crippen LogP) is 0.0755. The van der Waals surface area contributed by atoms with Gasteiger partial charge in [0.05, 0.1) is 0 Å². The molecular weight excluding hydrogens is 227 g/mol. The molecule has 6 heavy (non-hydrogen) atoms. The van der Waals surface area contributed by atoms with Gasteiger partial charge in [0, 0.05) is 6.10 Å². The molecule has 34 valence electrons. The van der Waals surface area contributed by atoms with Crippen molar-refractivity contribution in [3.63, 3.8) is 0 Å². The van der Waals surface area contributed by atoms with E-state index in [1.165, 1.54) is 0 Å². The molecule has 0 bridgehead atoms. The van der Waals surface area contributed by atoms with E-state index in [4.69, 9.17) is 5.11 Å². The van der Waals surface area contributed by atoms with Crippen LogP contribution in [0.1, 0.15) is 19.6 Å². The van der Waals surface area contributed by atoms with Crippen molar-refractivity contribution in [2.24, 2.45) is 0 Å². The third-order valence-electron chi connectivity index (χ3n) is 0. The summed E-state index contributed by atoms with van der Waals surface area (Å²) in [7, 11) is 0. The van der Waals surface area contributed by atoms with Gasteiger partial charge in [0.1, 0.15) is 0 Å². The Morgan fingerprint density at radius 3 is 1.33 bits per heavy atom. The van der Waals surface area contributed by atoms with Gasteiger partial charge in [0.15, 0.2) is 0 Å². The van der Waals surface area contributed by atoms with E-state index in [0.717, 1.165) is 0 Å². The molecule has 0 aromatic carbocycles. The zero-order valence-electron chi connectivity index (χ0n) is 8.44. The Hall–Kier alpha value is 2.92. The van der Waals surface area contributed by atoms with Crippen LogP contribution in [0.3, 0.4) is 0 Å². The molecule has 0 fully saturated rings. The third kappa shape index (κ3) is 28.4. The second kappa shape index (κ2) is 10.8. The van der Waals surface area contributed by atoms with Crippen LogP contribution in [0.5, 0.6) is 0 Å². The van der Waals surface area contributed by atoms with E-state index in [0.29, 0.717) is 0 Å².